The van der Waals surface area contributed by atoms with Gasteiger partial charge in [-0.25, -0.2) is 9.98 Å². The fraction of sp³-hybridized carbons (Fsp3) is 0.188. The average Bonchev–Trinajstić information content (AvgIpc) is 2.89. The van der Waals surface area contributed by atoms with E-state index in [0.717, 1.165) is 17.7 Å². The summed E-state index contributed by atoms with van der Waals surface area (Å²) in [4.78, 5) is 38.1. The Kier molecular flexibility index (Phi) is 5.71. The van der Waals surface area contributed by atoms with Gasteiger partial charge in [0.15, 0.2) is 5.78 Å². The van der Waals surface area contributed by atoms with Gasteiger partial charge in [0.2, 0.25) is 5.95 Å². The lowest BCUT2D eigenvalue weighted by molar-refractivity contribution is -0.116. The number of hydrogen-bond acceptors (Lipinski definition) is 5. The zero-order valence-electron chi connectivity index (χ0n) is 13.6. The molecule has 0 unspecified atom stereocenters. The molecule has 2 rings (SSSR count). The number of rotatable bonds is 5. The smallest absolute Gasteiger partial charge is 0.266 e. The summed E-state index contributed by atoms with van der Waals surface area (Å²) in [6.45, 7) is 3.24. The summed E-state index contributed by atoms with van der Waals surface area (Å²) in [7, 11) is 0. The van der Waals surface area contributed by atoms with Gasteiger partial charge in [-0.2, -0.15) is 4.39 Å². The van der Waals surface area contributed by atoms with Crippen molar-refractivity contribution in [2.24, 2.45) is 15.7 Å². The molecule has 3 N–H and O–H groups in total. The quantitative estimate of drug-likeness (QED) is 0.441. The van der Waals surface area contributed by atoms with Crippen molar-refractivity contribution in [3.63, 3.8) is 0 Å². The van der Waals surface area contributed by atoms with Gasteiger partial charge in [-0.15, -0.1) is 11.3 Å². The van der Waals surface area contributed by atoms with E-state index in [9.17, 15) is 14.0 Å². The Bertz CT molecular complexity index is 987. The molecule has 0 aliphatic rings. The second kappa shape index (κ2) is 7.75. The van der Waals surface area contributed by atoms with Crippen LogP contribution < -0.4 is 20.5 Å². The summed E-state index contributed by atoms with van der Waals surface area (Å²) in [6.07, 6.45) is 6.46. The van der Waals surface area contributed by atoms with Gasteiger partial charge in [0.25, 0.3) is 5.56 Å². The molecule has 0 aromatic carbocycles. The number of ketones is 1. The maximum absolute atomic E-state index is 12.8. The Morgan fingerprint density at radius 1 is 1.44 bits per heavy atom. The minimum atomic E-state index is -1.04. The first-order valence-electron chi connectivity index (χ1n) is 7.17. The van der Waals surface area contributed by atoms with Crippen LogP contribution in [0.3, 0.4) is 0 Å². The monoisotopic (exact) mass is 361 g/mol. The van der Waals surface area contributed by atoms with Gasteiger partial charge < -0.3 is 10.7 Å². The number of carbonyl (C=O) groups is 1. The van der Waals surface area contributed by atoms with Crippen molar-refractivity contribution in [3.05, 3.63) is 49.4 Å². The van der Waals surface area contributed by atoms with Gasteiger partial charge in [0.1, 0.15) is 11.9 Å². The van der Waals surface area contributed by atoms with Gasteiger partial charge in [0, 0.05) is 12.3 Å². The first kappa shape index (κ1) is 18.4. The van der Waals surface area contributed by atoms with Gasteiger partial charge in [0.05, 0.1) is 15.5 Å². The lowest BCUT2D eigenvalue weighted by Gasteiger charge is -2.14. The van der Waals surface area contributed by atoms with Crippen molar-refractivity contribution < 1.29 is 9.18 Å². The van der Waals surface area contributed by atoms with Crippen molar-refractivity contribution in [2.45, 2.75) is 19.4 Å². The highest BCUT2D eigenvalue weighted by Gasteiger charge is 2.23. The van der Waals surface area contributed by atoms with Crippen LogP contribution >= 0.6 is 11.3 Å². The van der Waals surface area contributed by atoms with E-state index in [4.69, 9.17) is 5.73 Å². The Labute approximate surface area is 146 Å². The highest BCUT2D eigenvalue weighted by molar-refractivity contribution is 7.07. The van der Waals surface area contributed by atoms with Crippen molar-refractivity contribution >= 4 is 41.9 Å². The highest BCUT2D eigenvalue weighted by atomic mass is 32.1. The molecule has 0 aliphatic carbocycles. The van der Waals surface area contributed by atoms with Crippen molar-refractivity contribution in [1.82, 2.24) is 9.97 Å². The summed E-state index contributed by atoms with van der Waals surface area (Å²) in [6, 6.07) is 2.71. The summed E-state index contributed by atoms with van der Waals surface area (Å²) >= 11 is 1.11. The molecule has 0 radical (unpaired) electrons. The molecule has 0 fully saturated rings. The molecule has 0 aliphatic heterocycles. The second-order valence-corrected chi connectivity index (χ2v) is 6.54. The molecule has 0 saturated heterocycles. The molecule has 0 bridgehead atoms. The van der Waals surface area contributed by atoms with Crippen LogP contribution in [0.5, 0.6) is 0 Å². The number of nitrogens with two attached hydrogens (primary N) is 1. The van der Waals surface area contributed by atoms with E-state index >= 15 is 0 Å². The van der Waals surface area contributed by atoms with E-state index in [1.165, 1.54) is 30.7 Å². The van der Waals surface area contributed by atoms with Gasteiger partial charge in [-0.05, 0) is 37.6 Å². The number of carbonyl (C=O) groups excluding carboxylic acids is 1. The minimum Gasteiger partial charge on any atom is -0.390 e. The minimum absolute atomic E-state index is 0.302. The first-order valence-corrected chi connectivity index (χ1v) is 7.99. The predicted octanol–water partition coefficient (Wildman–Crippen LogP) is -0.0572. The molecular formula is C16H16FN5O2S. The van der Waals surface area contributed by atoms with Crippen LogP contribution in [0, 0.1) is 5.95 Å². The van der Waals surface area contributed by atoms with Crippen molar-refractivity contribution in [2.75, 3.05) is 0 Å². The number of hydrogen-bond donors (Lipinski definition) is 2. The number of thiazole rings is 1. The van der Waals surface area contributed by atoms with Crippen molar-refractivity contribution in [3.8, 4) is 0 Å². The van der Waals surface area contributed by atoms with Crippen LogP contribution in [0.2, 0.25) is 0 Å². The van der Waals surface area contributed by atoms with E-state index in [-0.39, 0.29) is 11.3 Å². The fourth-order valence-corrected chi connectivity index (χ4v) is 2.61. The summed E-state index contributed by atoms with van der Waals surface area (Å²) in [5.41, 5.74) is 4.30. The number of pyridine rings is 1. The molecule has 130 valence electrons. The third-order valence-corrected chi connectivity index (χ3v) is 4.09. The number of H-pyrrole nitrogens is 1. The van der Waals surface area contributed by atoms with Gasteiger partial charge >= 0.3 is 0 Å². The molecular weight excluding hydrogens is 345 g/mol. The van der Waals surface area contributed by atoms with Crippen LogP contribution in [0.1, 0.15) is 19.4 Å². The fourth-order valence-electron chi connectivity index (χ4n) is 1.72. The average molecular weight is 361 g/mol. The molecule has 0 amide bonds. The Morgan fingerprint density at radius 2 is 2.20 bits per heavy atom. The maximum atomic E-state index is 12.8. The Hall–Kier alpha value is -2.94. The summed E-state index contributed by atoms with van der Waals surface area (Å²) in [5.74, 6) is -0.901. The molecule has 0 atom stereocenters. The molecule has 25 heavy (non-hydrogen) atoms. The zero-order valence-corrected chi connectivity index (χ0v) is 14.4. The highest BCUT2D eigenvalue weighted by Crippen LogP contribution is 2.10. The molecule has 9 heteroatoms. The van der Waals surface area contributed by atoms with Gasteiger partial charge in [-0.3, -0.25) is 14.6 Å². The van der Waals surface area contributed by atoms with Gasteiger partial charge in [-0.1, -0.05) is 0 Å². The maximum Gasteiger partial charge on any atom is 0.266 e. The number of aromatic nitrogens is 2. The number of aromatic amines is 1. The van der Waals surface area contributed by atoms with Crippen LogP contribution in [-0.4, -0.2) is 34.0 Å². The van der Waals surface area contributed by atoms with E-state index < -0.39 is 11.5 Å². The summed E-state index contributed by atoms with van der Waals surface area (Å²) < 4.78 is 13.6. The van der Waals surface area contributed by atoms with Crippen LogP contribution in [0.4, 0.5) is 4.39 Å². The topological polar surface area (TPSA) is 114 Å². The van der Waals surface area contributed by atoms with Crippen molar-refractivity contribution in [1.29, 1.82) is 0 Å². The lowest BCUT2D eigenvalue weighted by atomic mass is 10.0. The Balaban J connectivity index is 2.35. The number of aliphatic imine (C=N–C) groups is 2. The Morgan fingerprint density at radius 3 is 2.84 bits per heavy atom. The van der Waals surface area contributed by atoms with Crippen LogP contribution in [0.15, 0.2) is 33.1 Å². The summed E-state index contributed by atoms with van der Waals surface area (Å²) in [5, 5.41) is 0. The molecule has 0 saturated carbocycles. The standard InChI is InChI=1S/C16H16FN5O2S/c1-16(2,21-9-19-8-18)12(23)6-14-22-15(24)11(25-14)5-10-3-4-13(17)20-7-10/h3-9H,1-2H3,(H,22,24)(H2,18,19,21)/b11-5-,14-6+. The van der Waals surface area contributed by atoms with E-state index in [1.807, 2.05) is 0 Å². The molecule has 2 aromatic rings. The SMILES string of the molecule is CC(C)(N=CN=CN)C(=O)/C=c1\[nH]c(=O)/c(=C/c2ccc(F)nc2)s1. The lowest BCUT2D eigenvalue weighted by Crippen LogP contribution is -2.29. The number of halogens is 1. The third-order valence-electron chi connectivity index (χ3n) is 3.13. The molecule has 0 spiro atoms. The number of nitrogens with one attached hydrogen (secondary N) is 1. The van der Waals surface area contributed by atoms with E-state index in [0.29, 0.717) is 14.8 Å². The third kappa shape index (κ3) is 5.01. The predicted molar refractivity (Wildman–Crippen MR) is 96.7 cm³/mol. The molecule has 7 nitrogen and oxygen atoms in total. The largest absolute Gasteiger partial charge is 0.390 e. The molecule has 2 aromatic heterocycles. The zero-order chi connectivity index (χ0) is 18.4. The second-order valence-electron chi connectivity index (χ2n) is 5.45. The van der Waals surface area contributed by atoms with Crippen LogP contribution in [-0.2, 0) is 4.79 Å². The van der Waals surface area contributed by atoms with E-state index in [2.05, 4.69) is 20.0 Å². The van der Waals surface area contributed by atoms with Crippen LogP contribution in [0.25, 0.3) is 12.2 Å². The molecule has 2 heterocycles. The number of Topliss-reactive ketones (excluding diaryl/α,β-unsaturated/α-hetero) is 1. The first-order chi connectivity index (χ1) is 11.8. The number of nitrogens with zero attached hydrogens (tertiary/aromatic N) is 3. The van der Waals surface area contributed by atoms with E-state index in [1.54, 1.807) is 19.9 Å². The normalized spacial score (nSPS) is 14.0.